The molecule has 0 radical (unpaired) electrons. The van der Waals surface area contributed by atoms with Gasteiger partial charge in [0.15, 0.2) is 0 Å². The van der Waals surface area contributed by atoms with Crippen LogP contribution >= 0.6 is 0 Å². The first kappa shape index (κ1) is 15.0. The molecule has 1 heterocycles. The topological polar surface area (TPSA) is 30.5 Å². The summed E-state index contributed by atoms with van der Waals surface area (Å²) in [6.07, 6.45) is -3.00. The number of benzene rings is 1. The van der Waals surface area contributed by atoms with Crippen LogP contribution in [0.3, 0.4) is 0 Å². The number of ether oxygens (including phenoxy) is 2. The molecule has 0 spiro atoms. The van der Waals surface area contributed by atoms with E-state index in [1.54, 1.807) is 24.3 Å². The zero-order chi connectivity index (χ0) is 14.4. The van der Waals surface area contributed by atoms with Crippen molar-refractivity contribution in [2.75, 3.05) is 19.7 Å². The average Bonchev–Trinajstić information content (AvgIpc) is 2.41. The number of piperidine rings is 1. The van der Waals surface area contributed by atoms with Gasteiger partial charge in [-0.05, 0) is 50.2 Å². The van der Waals surface area contributed by atoms with Crippen LogP contribution in [0.4, 0.5) is 13.2 Å². The van der Waals surface area contributed by atoms with Gasteiger partial charge in [-0.2, -0.15) is 13.2 Å². The quantitative estimate of drug-likeness (QED) is 0.903. The standard InChI is InChI=1S/C14H18F3NO2/c15-14(16,17)7-10-19-11-1-3-12(4-2-11)20-13-5-8-18-9-6-13/h1-4,13,18H,5-10H2. The molecule has 0 unspecified atom stereocenters. The Morgan fingerprint density at radius 2 is 1.65 bits per heavy atom. The number of hydrogen-bond donors (Lipinski definition) is 1. The van der Waals surface area contributed by atoms with Crippen molar-refractivity contribution < 1.29 is 22.6 Å². The Labute approximate surface area is 116 Å². The van der Waals surface area contributed by atoms with Gasteiger partial charge in [0, 0.05) is 0 Å². The van der Waals surface area contributed by atoms with Gasteiger partial charge in [0.1, 0.15) is 17.6 Å². The zero-order valence-corrected chi connectivity index (χ0v) is 11.1. The van der Waals surface area contributed by atoms with Gasteiger partial charge in [-0.3, -0.25) is 0 Å². The minimum atomic E-state index is -4.18. The van der Waals surface area contributed by atoms with Gasteiger partial charge >= 0.3 is 6.18 Å². The van der Waals surface area contributed by atoms with E-state index in [9.17, 15) is 13.2 Å². The molecule has 1 saturated heterocycles. The van der Waals surface area contributed by atoms with Gasteiger partial charge in [0.05, 0.1) is 13.0 Å². The fourth-order valence-corrected chi connectivity index (χ4v) is 2.00. The van der Waals surface area contributed by atoms with Crippen LogP contribution in [0.1, 0.15) is 19.3 Å². The maximum atomic E-state index is 12.0. The van der Waals surface area contributed by atoms with Crippen LogP contribution in [-0.2, 0) is 0 Å². The summed E-state index contributed by atoms with van der Waals surface area (Å²) in [7, 11) is 0. The smallest absolute Gasteiger partial charge is 0.392 e. The van der Waals surface area contributed by atoms with E-state index in [4.69, 9.17) is 9.47 Å². The highest BCUT2D eigenvalue weighted by molar-refractivity contribution is 5.31. The molecule has 0 atom stereocenters. The Morgan fingerprint density at radius 3 is 2.25 bits per heavy atom. The molecule has 6 heteroatoms. The molecule has 1 aliphatic heterocycles. The molecule has 1 aliphatic rings. The summed E-state index contributed by atoms with van der Waals surface area (Å²) in [6.45, 7) is 1.53. The summed E-state index contributed by atoms with van der Waals surface area (Å²) in [5.41, 5.74) is 0. The number of nitrogens with one attached hydrogen (secondary N) is 1. The number of alkyl halides is 3. The Balaban J connectivity index is 1.77. The minimum Gasteiger partial charge on any atom is -0.493 e. The van der Waals surface area contributed by atoms with Crippen molar-refractivity contribution in [3.8, 4) is 11.5 Å². The normalized spacial score (nSPS) is 16.9. The summed E-state index contributed by atoms with van der Waals surface area (Å²) in [5.74, 6) is 1.15. The third kappa shape index (κ3) is 5.28. The number of rotatable bonds is 5. The van der Waals surface area contributed by atoms with E-state index >= 15 is 0 Å². The van der Waals surface area contributed by atoms with Gasteiger partial charge in [-0.1, -0.05) is 0 Å². The highest BCUT2D eigenvalue weighted by Crippen LogP contribution is 2.23. The molecule has 1 aromatic carbocycles. The van der Waals surface area contributed by atoms with Crippen LogP contribution in [-0.4, -0.2) is 32.0 Å². The van der Waals surface area contributed by atoms with Crippen LogP contribution < -0.4 is 14.8 Å². The number of hydrogen-bond acceptors (Lipinski definition) is 3. The van der Waals surface area contributed by atoms with E-state index in [-0.39, 0.29) is 12.7 Å². The van der Waals surface area contributed by atoms with E-state index in [2.05, 4.69) is 5.32 Å². The van der Waals surface area contributed by atoms with Crippen molar-refractivity contribution in [1.82, 2.24) is 5.32 Å². The maximum Gasteiger partial charge on any atom is 0.392 e. The van der Waals surface area contributed by atoms with E-state index in [0.717, 1.165) is 31.7 Å². The second kappa shape index (κ2) is 6.83. The molecule has 0 saturated carbocycles. The lowest BCUT2D eigenvalue weighted by atomic mass is 10.1. The Hall–Kier alpha value is -1.43. The molecule has 0 aliphatic carbocycles. The minimum absolute atomic E-state index is 0.202. The van der Waals surface area contributed by atoms with Crippen molar-refractivity contribution in [3.05, 3.63) is 24.3 Å². The molecule has 3 nitrogen and oxygen atoms in total. The van der Waals surface area contributed by atoms with Gasteiger partial charge in [-0.25, -0.2) is 0 Å². The van der Waals surface area contributed by atoms with Crippen molar-refractivity contribution in [3.63, 3.8) is 0 Å². The molecule has 112 valence electrons. The molecule has 20 heavy (non-hydrogen) atoms. The van der Waals surface area contributed by atoms with Crippen molar-refractivity contribution >= 4 is 0 Å². The third-order valence-corrected chi connectivity index (χ3v) is 3.07. The maximum absolute atomic E-state index is 12.0. The van der Waals surface area contributed by atoms with Gasteiger partial charge in [0.25, 0.3) is 0 Å². The van der Waals surface area contributed by atoms with Crippen LogP contribution in [0.25, 0.3) is 0 Å². The highest BCUT2D eigenvalue weighted by Gasteiger charge is 2.26. The predicted octanol–water partition coefficient (Wildman–Crippen LogP) is 3.15. The summed E-state index contributed by atoms with van der Waals surface area (Å²) in [6, 6.07) is 6.72. The van der Waals surface area contributed by atoms with E-state index in [1.807, 2.05) is 0 Å². The fourth-order valence-electron chi connectivity index (χ4n) is 2.00. The van der Waals surface area contributed by atoms with E-state index in [0.29, 0.717) is 5.75 Å². The van der Waals surface area contributed by atoms with Gasteiger partial charge in [-0.15, -0.1) is 0 Å². The summed E-state index contributed by atoms with van der Waals surface area (Å²) >= 11 is 0. The monoisotopic (exact) mass is 289 g/mol. The lowest BCUT2D eigenvalue weighted by molar-refractivity contribution is -0.139. The summed E-state index contributed by atoms with van der Waals surface area (Å²) in [4.78, 5) is 0. The molecule has 1 fully saturated rings. The van der Waals surface area contributed by atoms with Crippen LogP contribution in [0, 0.1) is 0 Å². The Bertz CT molecular complexity index is 400. The molecule has 0 amide bonds. The largest absolute Gasteiger partial charge is 0.493 e. The molecule has 2 rings (SSSR count). The van der Waals surface area contributed by atoms with Crippen LogP contribution in [0.5, 0.6) is 11.5 Å². The Kier molecular flexibility index (Phi) is 5.11. The molecular weight excluding hydrogens is 271 g/mol. The first-order valence-electron chi connectivity index (χ1n) is 6.70. The number of halogens is 3. The molecule has 0 aromatic heterocycles. The summed E-state index contributed by atoms with van der Waals surface area (Å²) in [5, 5.41) is 3.25. The average molecular weight is 289 g/mol. The van der Waals surface area contributed by atoms with Crippen molar-refractivity contribution in [2.24, 2.45) is 0 Å². The van der Waals surface area contributed by atoms with Crippen molar-refractivity contribution in [1.29, 1.82) is 0 Å². The second-order valence-electron chi connectivity index (χ2n) is 4.75. The lowest BCUT2D eigenvalue weighted by Crippen LogP contribution is -2.34. The molecule has 1 N–H and O–H groups in total. The second-order valence-corrected chi connectivity index (χ2v) is 4.75. The fraction of sp³-hybridized carbons (Fsp3) is 0.571. The van der Waals surface area contributed by atoms with Gasteiger partial charge < -0.3 is 14.8 Å². The summed E-state index contributed by atoms with van der Waals surface area (Å²) < 4.78 is 46.8. The predicted molar refractivity (Wildman–Crippen MR) is 69.1 cm³/mol. The first-order chi connectivity index (χ1) is 9.53. The molecule has 1 aromatic rings. The Morgan fingerprint density at radius 1 is 1.05 bits per heavy atom. The van der Waals surface area contributed by atoms with Crippen molar-refractivity contribution in [2.45, 2.75) is 31.5 Å². The van der Waals surface area contributed by atoms with Gasteiger partial charge in [0.2, 0.25) is 0 Å². The SMILES string of the molecule is FC(F)(F)CCOc1ccc(OC2CCNCC2)cc1. The highest BCUT2D eigenvalue weighted by atomic mass is 19.4. The van der Waals surface area contributed by atoms with E-state index < -0.39 is 12.6 Å². The van der Waals surface area contributed by atoms with Crippen LogP contribution in [0.15, 0.2) is 24.3 Å². The van der Waals surface area contributed by atoms with E-state index in [1.165, 1.54) is 0 Å². The third-order valence-electron chi connectivity index (χ3n) is 3.07. The van der Waals surface area contributed by atoms with Crippen LogP contribution in [0.2, 0.25) is 0 Å². The first-order valence-corrected chi connectivity index (χ1v) is 6.70. The lowest BCUT2D eigenvalue weighted by Gasteiger charge is -2.23. The molecule has 0 bridgehead atoms. The molecular formula is C14H18F3NO2. The zero-order valence-electron chi connectivity index (χ0n) is 11.1.